The Hall–Kier alpha value is -2.81. The third-order valence-electron chi connectivity index (χ3n) is 5.05. The molecule has 2 heterocycles. The molecule has 9 nitrogen and oxygen atoms in total. The number of carbonyl (C=O) groups excluding carboxylic acids is 3. The van der Waals surface area contributed by atoms with E-state index in [1.807, 2.05) is 44.2 Å². The second-order valence-corrected chi connectivity index (χ2v) is 7.84. The lowest BCUT2D eigenvalue weighted by Gasteiger charge is -2.45. The Balaban J connectivity index is 1.74. The Kier molecular flexibility index (Phi) is 6.58. The second kappa shape index (κ2) is 9.13. The van der Waals surface area contributed by atoms with Crippen LogP contribution >= 0.6 is 0 Å². The van der Waals surface area contributed by atoms with Gasteiger partial charge in [0.15, 0.2) is 6.23 Å². The number of nitrogens with zero attached hydrogens (tertiary/aromatic N) is 2. The van der Waals surface area contributed by atoms with Gasteiger partial charge in [-0.2, -0.15) is 5.01 Å². The van der Waals surface area contributed by atoms with Crippen LogP contribution in [0.4, 0.5) is 9.59 Å². The van der Waals surface area contributed by atoms with Gasteiger partial charge in [0.25, 0.3) is 0 Å². The molecule has 1 aromatic carbocycles. The number of carbonyl (C=O) groups is 3. The highest BCUT2D eigenvalue weighted by Gasteiger charge is 2.44. The number of ether oxygens (including phenoxy) is 1. The lowest BCUT2D eigenvalue weighted by atomic mass is 9.96. The van der Waals surface area contributed by atoms with Gasteiger partial charge in [-0.25, -0.2) is 14.6 Å². The maximum absolute atomic E-state index is 12.8. The van der Waals surface area contributed by atoms with Crippen molar-refractivity contribution in [3.8, 4) is 0 Å². The minimum Gasteiger partial charge on any atom is -0.443 e. The van der Waals surface area contributed by atoms with Crippen molar-refractivity contribution < 1.29 is 24.2 Å². The summed E-state index contributed by atoms with van der Waals surface area (Å²) in [5.41, 5.74) is 0.798. The van der Waals surface area contributed by atoms with Crippen LogP contribution in [0.3, 0.4) is 0 Å². The van der Waals surface area contributed by atoms with Crippen LogP contribution in [-0.4, -0.2) is 58.5 Å². The maximum atomic E-state index is 12.8. The monoisotopic (exact) mass is 404 g/mol. The Morgan fingerprint density at radius 2 is 2.00 bits per heavy atom. The number of rotatable bonds is 6. The molecule has 0 radical (unpaired) electrons. The van der Waals surface area contributed by atoms with Gasteiger partial charge in [0.1, 0.15) is 6.61 Å². The van der Waals surface area contributed by atoms with E-state index in [0.29, 0.717) is 13.0 Å². The summed E-state index contributed by atoms with van der Waals surface area (Å²) >= 11 is 0. The summed E-state index contributed by atoms with van der Waals surface area (Å²) in [7, 11) is 0. The molecule has 29 heavy (non-hydrogen) atoms. The molecule has 2 aliphatic heterocycles. The van der Waals surface area contributed by atoms with Crippen molar-refractivity contribution in [1.29, 1.82) is 0 Å². The molecular weight excluding hydrogens is 376 g/mol. The predicted octanol–water partition coefficient (Wildman–Crippen LogP) is 1.43. The van der Waals surface area contributed by atoms with Gasteiger partial charge in [0.05, 0.1) is 6.04 Å². The van der Waals surface area contributed by atoms with E-state index in [-0.39, 0.29) is 37.3 Å². The Morgan fingerprint density at radius 1 is 1.28 bits per heavy atom. The van der Waals surface area contributed by atoms with Crippen LogP contribution in [-0.2, 0) is 16.1 Å². The highest BCUT2D eigenvalue weighted by atomic mass is 16.6. The van der Waals surface area contributed by atoms with Crippen LogP contribution in [0.5, 0.6) is 0 Å². The molecule has 2 fully saturated rings. The van der Waals surface area contributed by atoms with E-state index < -0.39 is 24.4 Å². The van der Waals surface area contributed by atoms with Crippen molar-refractivity contribution in [2.24, 2.45) is 11.8 Å². The number of benzene rings is 1. The van der Waals surface area contributed by atoms with Crippen LogP contribution in [0.1, 0.15) is 32.3 Å². The summed E-state index contributed by atoms with van der Waals surface area (Å²) in [5.74, 6) is -0.349. The van der Waals surface area contributed by atoms with E-state index in [0.717, 1.165) is 10.6 Å². The topological polar surface area (TPSA) is 111 Å². The highest BCUT2D eigenvalue weighted by Crippen LogP contribution is 2.24. The summed E-state index contributed by atoms with van der Waals surface area (Å²) in [5, 5.41) is 18.5. The first kappa shape index (κ1) is 20.9. The van der Waals surface area contributed by atoms with Crippen LogP contribution in [0.15, 0.2) is 30.3 Å². The number of hydrogen-bond donors (Lipinski definition) is 3. The number of nitrogens with one attached hydrogen (secondary N) is 2. The SMILES string of the molecule is CC(C)CN1C(=O)N[C@@H](C[C@@H]2CCNC2=O)C(O)N1C(=O)OCc1ccccc1. The fraction of sp³-hybridized carbons (Fsp3) is 0.550. The third-order valence-corrected chi connectivity index (χ3v) is 5.05. The van der Waals surface area contributed by atoms with Gasteiger partial charge in [0, 0.05) is 19.0 Å². The van der Waals surface area contributed by atoms with Crippen LogP contribution in [0.2, 0.25) is 0 Å². The molecule has 2 aliphatic rings. The Morgan fingerprint density at radius 3 is 2.62 bits per heavy atom. The molecule has 0 aliphatic carbocycles. The molecule has 1 aromatic rings. The van der Waals surface area contributed by atoms with E-state index in [1.165, 1.54) is 5.01 Å². The number of aliphatic hydroxyl groups excluding tert-OH is 1. The summed E-state index contributed by atoms with van der Waals surface area (Å²) in [6.07, 6.45) is -1.26. The van der Waals surface area contributed by atoms with E-state index in [4.69, 9.17) is 4.74 Å². The van der Waals surface area contributed by atoms with Crippen molar-refractivity contribution in [2.45, 2.75) is 45.6 Å². The van der Waals surface area contributed by atoms with Crippen molar-refractivity contribution >= 4 is 18.0 Å². The number of aliphatic hydroxyl groups is 1. The number of hydrazine groups is 1. The molecule has 9 heteroatoms. The quantitative estimate of drug-likeness (QED) is 0.664. The van der Waals surface area contributed by atoms with E-state index >= 15 is 0 Å². The molecule has 3 atom stereocenters. The second-order valence-electron chi connectivity index (χ2n) is 7.84. The summed E-state index contributed by atoms with van der Waals surface area (Å²) < 4.78 is 5.36. The predicted molar refractivity (Wildman–Crippen MR) is 104 cm³/mol. The lowest BCUT2D eigenvalue weighted by molar-refractivity contribution is -0.137. The van der Waals surface area contributed by atoms with Crippen molar-refractivity contribution in [3.05, 3.63) is 35.9 Å². The lowest BCUT2D eigenvalue weighted by Crippen LogP contribution is -2.69. The van der Waals surface area contributed by atoms with Gasteiger partial charge in [-0.3, -0.25) is 4.79 Å². The van der Waals surface area contributed by atoms with E-state index in [9.17, 15) is 19.5 Å². The summed E-state index contributed by atoms with van der Waals surface area (Å²) in [4.78, 5) is 37.4. The molecule has 0 saturated carbocycles. The van der Waals surface area contributed by atoms with E-state index in [1.54, 1.807) is 0 Å². The van der Waals surface area contributed by atoms with Crippen LogP contribution in [0, 0.1) is 11.8 Å². The molecule has 3 N–H and O–H groups in total. The van der Waals surface area contributed by atoms with Gasteiger partial charge >= 0.3 is 12.1 Å². The number of hydrogen-bond acceptors (Lipinski definition) is 5. The van der Waals surface area contributed by atoms with Crippen molar-refractivity contribution in [3.63, 3.8) is 0 Å². The highest BCUT2D eigenvalue weighted by molar-refractivity contribution is 5.82. The Bertz CT molecular complexity index is 742. The zero-order valence-electron chi connectivity index (χ0n) is 16.7. The van der Waals surface area contributed by atoms with Crippen LogP contribution in [0.25, 0.3) is 0 Å². The van der Waals surface area contributed by atoms with Gasteiger partial charge in [0.2, 0.25) is 5.91 Å². The first-order valence-electron chi connectivity index (χ1n) is 9.90. The number of urea groups is 1. The summed E-state index contributed by atoms with van der Waals surface area (Å²) in [6, 6.07) is 7.91. The zero-order valence-corrected chi connectivity index (χ0v) is 16.7. The largest absolute Gasteiger partial charge is 0.443 e. The standard InChI is InChI=1S/C20H28N4O5/c1-13(2)11-23-19(27)22-16(10-15-8-9-21-17(15)25)18(26)24(23)20(28)29-12-14-6-4-3-5-7-14/h3-7,13,15-16,18,26H,8-12H2,1-2H3,(H,21,25)(H,22,27)/t15-,16-,18?/m0/s1. The van der Waals surface area contributed by atoms with Crippen molar-refractivity contribution in [2.75, 3.05) is 13.1 Å². The zero-order chi connectivity index (χ0) is 21.0. The third kappa shape index (κ3) is 4.97. The van der Waals surface area contributed by atoms with Crippen LogP contribution < -0.4 is 10.6 Å². The first-order chi connectivity index (χ1) is 13.9. The molecular formula is C20H28N4O5. The van der Waals surface area contributed by atoms with Gasteiger partial charge in [-0.1, -0.05) is 44.2 Å². The van der Waals surface area contributed by atoms with E-state index in [2.05, 4.69) is 10.6 Å². The molecule has 1 unspecified atom stereocenters. The first-order valence-corrected chi connectivity index (χ1v) is 9.90. The Labute approximate surface area is 170 Å². The van der Waals surface area contributed by atoms with Gasteiger partial charge in [-0.05, 0) is 24.3 Å². The summed E-state index contributed by atoms with van der Waals surface area (Å²) in [6.45, 7) is 4.64. The van der Waals surface area contributed by atoms with Gasteiger partial charge < -0.3 is 20.5 Å². The average molecular weight is 404 g/mol. The minimum absolute atomic E-state index is 0.0235. The van der Waals surface area contributed by atoms with Crippen molar-refractivity contribution in [1.82, 2.24) is 20.7 Å². The normalized spacial score (nSPS) is 24.5. The minimum atomic E-state index is -1.33. The average Bonchev–Trinajstić information content (AvgIpc) is 3.09. The smallest absolute Gasteiger partial charge is 0.431 e. The fourth-order valence-electron chi connectivity index (χ4n) is 3.58. The van der Waals surface area contributed by atoms with Gasteiger partial charge in [-0.15, -0.1) is 0 Å². The number of amides is 4. The molecule has 2 saturated heterocycles. The molecule has 0 bridgehead atoms. The fourth-order valence-corrected chi connectivity index (χ4v) is 3.58. The molecule has 158 valence electrons. The molecule has 0 aromatic heterocycles. The molecule has 0 spiro atoms. The maximum Gasteiger partial charge on any atom is 0.431 e. The molecule has 4 amide bonds. The molecule has 3 rings (SSSR count).